The molecular formula is C13H22N4O. The van der Waals surface area contributed by atoms with Crippen LogP contribution in [0.5, 0.6) is 0 Å². The highest BCUT2D eigenvalue weighted by atomic mass is 16.3. The molecule has 0 radical (unpaired) electrons. The molecule has 0 atom stereocenters. The van der Waals surface area contributed by atoms with Gasteiger partial charge in [0.1, 0.15) is 17.5 Å². The number of aliphatic hydroxyl groups is 1. The van der Waals surface area contributed by atoms with Gasteiger partial charge in [-0.1, -0.05) is 6.92 Å². The minimum Gasteiger partial charge on any atom is -0.393 e. The van der Waals surface area contributed by atoms with Crippen molar-refractivity contribution in [2.75, 3.05) is 17.6 Å². The van der Waals surface area contributed by atoms with Crippen molar-refractivity contribution in [2.45, 2.75) is 45.6 Å². The number of aryl methyl sites for hydroxylation is 1. The largest absolute Gasteiger partial charge is 0.393 e. The molecule has 5 heteroatoms. The Morgan fingerprint density at radius 1 is 1.39 bits per heavy atom. The Morgan fingerprint density at radius 3 is 2.72 bits per heavy atom. The average Bonchev–Trinajstić information content (AvgIpc) is 2.29. The Hall–Kier alpha value is -1.36. The molecule has 0 bridgehead atoms. The number of nitrogens with zero attached hydrogens (tertiary/aromatic N) is 2. The zero-order chi connectivity index (χ0) is 13.1. The van der Waals surface area contributed by atoms with Crippen LogP contribution in [0.25, 0.3) is 0 Å². The third-order valence-electron chi connectivity index (χ3n) is 3.47. The summed E-state index contributed by atoms with van der Waals surface area (Å²) >= 11 is 0. The second-order valence-electron chi connectivity index (χ2n) is 5.12. The Balaban J connectivity index is 2.01. The van der Waals surface area contributed by atoms with Crippen LogP contribution in [0.4, 0.5) is 11.6 Å². The molecule has 2 rings (SSSR count). The van der Waals surface area contributed by atoms with E-state index in [2.05, 4.69) is 22.2 Å². The third-order valence-corrected chi connectivity index (χ3v) is 3.47. The van der Waals surface area contributed by atoms with E-state index in [-0.39, 0.29) is 6.10 Å². The molecule has 0 amide bonds. The van der Waals surface area contributed by atoms with Gasteiger partial charge in [0.25, 0.3) is 0 Å². The van der Waals surface area contributed by atoms with Crippen LogP contribution in [0, 0.1) is 12.8 Å². The Kier molecular flexibility index (Phi) is 4.01. The molecule has 5 nitrogen and oxygen atoms in total. The summed E-state index contributed by atoms with van der Waals surface area (Å²) in [5.41, 5.74) is 6.81. The van der Waals surface area contributed by atoms with Crippen molar-refractivity contribution in [3.8, 4) is 0 Å². The summed E-state index contributed by atoms with van der Waals surface area (Å²) in [5.74, 6) is 2.75. The van der Waals surface area contributed by atoms with Crippen molar-refractivity contribution >= 4 is 11.6 Å². The van der Waals surface area contributed by atoms with Crippen LogP contribution in [0.15, 0.2) is 0 Å². The maximum atomic E-state index is 9.25. The quantitative estimate of drug-likeness (QED) is 0.737. The molecule has 1 heterocycles. The lowest BCUT2D eigenvalue weighted by atomic mass is 9.82. The summed E-state index contributed by atoms with van der Waals surface area (Å²) in [7, 11) is 0. The van der Waals surface area contributed by atoms with Gasteiger partial charge in [-0.2, -0.15) is 0 Å². The van der Waals surface area contributed by atoms with E-state index < -0.39 is 0 Å². The number of nitrogens with one attached hydrogen (secondary N) is 1. The first-order valence-electron chi connectivity index (χ1n) is 6.65. The first-order valence-corrected chi connectivity index (χ1v) is 6.65. The molecule has 1 saturated carbocycles. The summed E-state index contributed by atoms with van der Waals surface area (Å²) in [5, 5.41) is 12.6. The zero-order valence-electron chi connectivity index (χ0n) is 11.1. The zero-order valence-corrected chi connectivity index (χ0v) is 11.1. The Labute approximate surface area is 108 Å². The van der Waals surface area contributed by atoms with Crippen LogP contribution in [0.2, 0.25) is 0 Å². The lowest BCUT2D eigenvalue weighted by Crippen LogP contribution is -2.33. The summed E-state index contributed by atoms with van der Waals surface area (Å²) in [6.45, 7) is 4.88. The molecular weight excluding hydrogens is 228 g/mol. The van der Waals surface area contributed by atoms with E-state index in [1.54, 1.807) is 0 Å². The van der Waals surface area contributed by atoms with Crippen molar-refractivity contribution in [1.29, 1.82) is 0 Å². The summed E-state index contributed by atoms with van der Waals surface area (Å²) in [6, 6.07) is 0. The predicted molar refractivity (Wildman–Crippen MR) is 72.4 cm³/mol. The lowest BCUT2D eigenvalue weighted by Gasteiger charge is -2.31. The van der Waals surface area contributed by atoms with Crippen molar-refractivity contribution in [1.82, 2.24) is 9.97 Å². The fourth-order valence-electron chi connectivity index (χ4n) is 2.20. The van der Waals surface area contributed by atoms with Crippen molar-refractivity contribution < 1.29 is 5.11 Å². The van der Waals surface area contributed by atoms with Gasteiger partial charge in [-0.05, 0) is 32.1 Å². The van der Waals surface area contributed by atoms with Gasteiger partial charge in [-0.25, -0.2) is 9.97 Å². The monoisotopic (exact) mass is 250 g/mol. The standard InChI is InChI=1S/C13H22N4O/c1-3-4-11-16-12(14)8(2)13(17-11)15-7-9-5-10(18)6-9/h9-10,18H,3-7H2,1-2H3,(H3,14,15,16,17). The van der Waals surface area contributed by atoms with E-state index in [1.807, 2.05) is 6.92 Å². The molecule has 1 fully saturated rings. The topological polar surface area (TPSA) is 84.1 Å². The highest BCUT2D eigenvalue weighted by Gasteiger charge is 2.26. The second-order valence-corrected chi connectivity index (χ2v) is 5.12. The maximum Gasteiger partial charge on any atom is 0.134 e. The number of rotatable bonds is 5. The molecule has 1 aromatic rings. The normalized spacial score (nSPS) is 22.6. The van der Waals surface area contributed by atoms with Crippen LogP contribution < -0.4 is 11.1 Å². The SMILES string of the molecule is CCCc1nc(N)c(C)c(NCC2CC(O)C2)n1. The Morgan fingerprint density at radius 2 is 2.11 bits per heavy atom. The van der Waals surface area contributed by atoms with Crippen LogP contribution in [-0.4, -0.2) is 27.7 Å². The summed E-state index contributed by atoms with van der Waals surface area (Å²) < 4.78 is 0. The van der Waals surface area contributed by atoms with E-state index in [4.69, 9.17) is 5.73 Å². The number of hydrogen-bond acceptors (Lipinski definition) is 5. The molecule has 0 aromatic carbocycles. The molecule has 0 spiro atoms. The third kappa shape index (κ3) is 2.90. The summed E-state index contributed by atoms with van der Waals surface area (Å²) in [6.07, 6.45) is 3.52. The molecule has 100 valence electrons. The van der Waals surface area contributed by atoms with E-state index >= 15 is 0 Å². The molecule has 0 saturated heterocycles. The summed E-state index contributed by atoms with van der Waals surface area (Å²) in [4.78, 5) is 8.79. The molecule has 0 unspecified atom stereocenters. The van der Waals surface area contributed by atoms with Crippen LogP contribution >= 0.6 is 0 Å². The molecule has 0 aliphatic heterocycles. The van der Waals surface area contributed by atoms with Gasteiger partial charge in [0.05, 0.1) is 6.10 Å². The van der Waals surface area contributed by atoms with Gasteiger partial charge >= 0.3 is 0 Å². The molecule has 1 aromatic heterocycles. The van der Waals surface area contributed by atoms with Crippen LogP contribution in [0.1, 0.15) is 37.6 Å². The van der Waals surface area contributed by atoms with E-state index in [9.17, 15) is 5.11 Å². The highest BCUT2D eigenvalue weighted by Crippen LogP contribution is 2.28. The number of anilines is 2. The smallest absolute Gasteiger partial charge is 0.134 e. The van der Waals surface area contributed by atoms with Crippen molar-refractivity contribution in [3.05, 3.63) is 11.4 Å². The molecule has 1 aliphatic rings. The first-order chi connectivity index (χ1) is 8.60. The van der Waals surface area contributed by atoms with E-state index in [1.165, 1.54) is 0 Å². The molecule has 4 N–H and O–H groups in total. The minimum absolute atomic E-state index is 0.107. The fourth-order valence-corrected chi connectivity index (χ4v) is 2.20. The highest BCUT2D eigenvalue weighted by molar-refractivity contribution is 5.54. The van der Waals surface area contributed by atoms with Gasteiger partial charge < -0.3 is 16.2 Å². The van der Waals surface area contributed by atoms with Gasteiger partial charge in [-0.3, -0.25) is 0 Å². The first kappa shape index (κ1) is 13.1. The predicted octanol–water partition coefficient (Wildman–Crippen LogP) is 1.50. The fraction of sp³-hybridized carbons (Fsp3) is 0.692. The average molecular weight is 250 g/mol. The Bertz CT molecular complexity index is 416. The minimum atomic E-state index is -0.107. The number of hydrogen-bond donors (Lipinski definition) is 3. The van der Waals surface area contributed by atoms with Gasteiger partial charge in [-0.15, -0.1) is 0 Å². The van der Waals surface area contributed by atoms with Gasteiger partial charge in [0.15, 0.2) is 0 Å². The maximum absolute atomic E-state index is 9.25. The molecule has 18 heavy (non-hydrogen) atoms. The number of aromatic nitrogens is 2. The second kappa shape index (κ2) is 5.52. The lowest BCUT2D eigenvalue weighted by molar-refractivity contribution is 0.0486. The van der Waals surface area contributed by atoms with Crippen LogP contribution in [-0.2, 0) is 6.42 Å². The number of nitrogen functional groups attached to an aromatic ring is 1. The molecule has 1 aliphatic carbocycles. The van der Waals surface area contributed by atoms with E-state index in [0.29, 0.717) is 11.7 Å². The van der Waals surface area contributed by atoms with E-state index in [0.717, 1.165) is 49.4 Å². The van der Waals surface area contributed by atoms with Crippen molar-refractivity contribution in [3.63, 3.8) is 0 Å². The van der Waals surface area contributed by atoms with Gasteiger partial charge in [0.2, 0.25) is 0 Å². The van der Waals surface area contributed by atoms with Crippen LogP contribution in [0.3, 0.4) is 0 Å². The number of nitrogens with two attached hydrogens (primary N) is 1. The number of aliphatic hydroxyl groups excluding tert-OH is 1. The van der Waals surface area contributed by atoms with Crippen molar-refractivity contribution in [2.24, 2.45) is 5.92 Å². The van der Waals surface area contributed by atoms with Gasteiger partial charge in [0, 0.05) is 18.5 Å².